The van der Waals surface area contributed by atoms with Gasteiger partial charge in [-0.05, 0) is 92.7 Å². The van der Waals surface area contributed by atoms with Crippen LogP contribution in [0.5, 0.6) is 0 Å². The Balaban J connectivity index is 1.13. The van der Waals surface area contributed by atoms with Gasteiger partial charge in [0.2, 0.25) is 5.91 Å². The SMILES string of the molecule is NC(=O)c1ccc2c(c1)C(C1CCN(CCCc3ccc4[nH]cc(N)c4c3)CC1)CN2. The molecule has 3 heterocycles. The van der Waals surface area contributed by atoms with Crippen LogP contribution >= 0.6 is 0 Å². The van der Waals surface area contributed by atoms with Gasteiger partial charge in [0, 0.05) is 40.8 Å². The summed E-state index contributed by atoms with van der Waals surface area (Å²) in [6.45, 7) is 4.40. The lowest BCUT2D eigenvalue weighted by Gasteiger charge is -2.35. The summed E-state index contributed by atoms with van der Waals surface area (Å²) in [5.74, 6) is 0.795. The summed E-state index contributed by atoms with van der Waals surface area (Å²) in [6, 6.07) is 12.4. The number of piperidine rings is 1. The van der Waals surface area contributed by atoms with Crippen molar-refractivity contribution in [2.75, 3.05) is 37.2 Å². The Morgan fingerprint density at radius 1 is 1.13 bits per heavy atom. The summed E-state index contributed by atoms with van der Waals surface area (Å²) in [6.07, 6.45) is 6.52. The molecular weight excluding hydrogens is 386 g/mol. The predicted molar refractivity (Wildman–Crippen MR) is 126 cm³/mol. The van der Waals surface area contributed by atoms with Crippen LogP contribution in [0.4, 0.5) is 11.4 Å². The standard InChI is InChI=1S/C25H31N5O/c26-22-15-29-24-5-3-16(12-20(22)24)2-1-9-30-10-7-17(8-11-30)21-14-28-23-6-4-18(25(27)31)13-19(21)23/h3-6,12-13,15,17,21,28-29H,1-2,7-11,14,26H2,(H2,27,31). The number of rotatable bonds is 6. The monoisotopic (exact) mass is 417 g/mol. The lowest BCUT2D eigenvalue weighted by molar-refractivity contribution is 0.1000. The number of likely N-dealkylation sites (tertiary alicyclic amines) is 1. The van der Waals surface area contributed by atoms with Crippen LogP contribution in [0.1, 0.15) is 46.7 Å². The molecule has 1 amide bonds. The van der Waals surface area contributed by atoms with E-state index in [9.17, 15) is 4.79 Å². The van der Waals surface area contributed by atoms with Crippen molar-refractivity contribution in [1.82, 2.24) is 9.88 Å². The number of benzene rings is 2. The molecular formula is C25H31N5O. The molecule has 31 heavy (non-hydrogen) atoms. The number of nitrogens with two attached hydrogens (primary N) is 2. The Morgan fingerprint density at radius 3 is 2.77 bits per heavy atom. The summed E-state index contributed by atoms with van der Waals surface area (Å²) >= 11 is 0. The largest absolute Gasteiger partial charge is 0.397 e. The third-order valence-corrected chi connectivity index (χ3v) is 7.17. The number of carbonyl (C=O) groups is 1. The number of carbonyl (C=O) groups excluding carboxylic acids is 1. The van der Waals surface area contributed by atoms with Crippen LogP contribution in [0, 0.1) is 5.92 Å². The molecule has 6 heteroatoms. The third kappa shape index (κ3) is 4.00. The van der Waals surface area contributed by atoms with Gasteiger partial charge in [-0.15, -0.1) is 0 Å². The number of hydrogen-bond donors (Lipinski definition) is 4. The first-order valence-electron chi connectivity index (χ1n) is 11.3. The van der Waals surface area contributed by atoms with Gasteiger partial charge in [0.1, 0.15) is 0 Å². The fourth-order valence-electron chi connectivity index (χ4n) is 5.36. The van der Waals surface area contributed by atoms with Gasteiger partial charge in [0.25, 0.3) is 0 Å². The van der Waals surface area contributed by atoms with Gasteiger partial charge in [-0.3, -0.25) is 4.79 Å². The first-order chi connectivity index (χ1) is 15.1. The number of amides is 1. The summed E-state index contributed by atoms with van der Waals surface area (Å²) < 4.78 is 0. The first-order valence-corrected chi connectivity index (χ1v) is 11.3. The molecule has 1 fully saturated rings. The van der Waals surface area contributed by atoms with Gasteiger partial charge in [0.05, 0.1) is 5.69 Å². The minimum absolute atomic E-state index is 0.346. The molecule has 1 saturated heterocycles. The van der Waals surface area contributed by atoms with Crippen LogP contribution in [-0.4, -0.2) is 42.0 Å². The highest BCUT2D eigenvalue weighted by molar-refractivity contribution is 5.94. The van der Waals surface area contributed by atoms with Gasteiger partial charge < -0.3 is 26.7 Å². The molecule has 0 aliphatic carbocycles. The van der Waals surface area contributed by atoms with Crippen LogP contribution in [0.15, 0.2) is 42.6 Å². The molecule has 1 atom stereocenters. The average molecular weight is 418 g/mol. The fraction of sp³-hybridized carbons (Fsp3) is 0.400. The van der Waals surface area contributed by atoms with Crippen molar-refractivity contribution in [3.63, 3.8) is 0 Å². The van der Waals surface area contributed by atoms with Gasteiger partial charge in [-0.1, -0.05) is 6.07 Å². The van der Waals surface area contributed by atoms with Crippen LogP contribution in [0.25, 0.3) is 10.9 Å². The number of primary amides is 1. The lowest BCUT2D eigenvalue weighted by Crippen LogP contribution is -2.36. The third-order valence-electron chi connectivity index (χ3n) is 7.17. The number of hydrogen-bond acceptors (Lipinski definition) is 4. The Kier molecular flexibility index (Phi) is 5.32. The zero-order valence-corrected chi connectivity index (χ0v) is 17.9. The van der Waals surface area contributed by atoms with E-state index < -0.39 is 0 Å². The maximum atomic E-state index is 11.6. The molecule has 3 aromatic rings. The number of nitrogen functional groups attached to an aromatic ring is 1. The van der Waals surface area contributed by atoms with Crippen LogP contribution in [0.2, 0.25) is 0 Å². The molecule has 1 aromatic heterocycles. The number of anilines is 2. The quantitative estimate of drug-likeness (QED) is 0.491. The zero-order valence-electron chi connectivity index (χ0n) is 17.9. The molecule has 0 spiro atoms. The average Bonchev–Trinajstić information content (AvgIpc) is 3.37. The Bertz CT molecular complexity index is 1100. The van der Waals surface area contributed by atoms with E-state index in [4.69, 9.17) is 11.5 Å². The molecule has 5 rings (SSSR count). The second-order valence-corrected chi connectivity index (χ2v) is 9.06. The minimum atomic E-state index is -0.346. The van der Waals surface area contributed by atoms with E-state index in [1.54, 1.807) is 0 Å². The Hall–Kier alpha value is -2.99. The molecule has 2 aliphatic rings. The summed E-state index contributed by atoms with van der Waals surface area (Å²) in [7, 11) is 0. The Labute approximate surface area is 183 Å². The number of aromatic amines is 1. The molecule has 0 radical (unpaired) electrons. The number of H-pyrrole nitrogens is 1. The van der Waals surface area contributed by atoms with E-state index in [2.05, 4.69) is 33.4 Å². The number of nitrogens with one attached hydrogen (secondary N) is 2. The van der Waals surface area contributed by atoms with Gasteiger partial charge in [0.15, 0.2) is 0 Å². The van der Waals surface area contributed by atoms with Crippen molar-refractivity contribution in [1.29, 1.82) is 0 Å². The van der Waals surface area contributed by atoms with Crippen molar-refractivity contribution in [3.8, 4) is 0 Å². The minimum Gasteiger partial charge on any atom is -0.397 e. The zero-order chi connectivity index (χ0) is 21.4. The molecule has 0 saturated carbocycles. The number of aryl methyl sites for hydroxylation is 1. The predicted octanol–water partition coefficient (Wildman–Crippen LogP) is 3.70. The smallest absolute Gasteiger partial charge is 0.248 e. The molecule has 6 nitrogen and oxygen atoms in total. The molecule has 2 aliphatic heterocycles. The second kappa shape index (κ2) is 8.27. The number of fused-ring (bicyclic) bond motifs is 2. The molecule has 1 unspecified atom stereocenters. The molecule has 2 aromatic carbocycles. The van der Waals surface area contributed by atoms with E-state index in [1.807, 2.05) is 24.4 Å². The first kappa shape index (κ1) is 19.9. The molecule has 6 N–H and O–H groups in total. The summed E-state index contributed by atoms with van der Waals surface area (Å²) in [5, 5.41) is 4.64. The van der Waals surface area contributed by atoms with E-state index in [-0.39, 0.29) is 5.91 Å². The number of nitrogens with zero attached hydrogens (tertiary/aromatic N) is 1. The molecule has 162 valence electrons. The van der Waals surface area contributed by atoms with Crippen molar-refractivity contribution >= 4 is 28.2 Å². The van der Waals surface area contributed by atoms with E-state index >= 15 is 0 Å². The van der Waals surface area contributed by atoms with Crippen LogP contribution in [-0.2, 0) is 6.42 Å². The fourth-order valence-corrected chi connectivity index (χ4v) is 5.36. The van der Waals surface area contributed by atoms with Crippen LogP contribution in [0.3, 0.4) is 0 Å². The highest BCUT2D eigenvalue weighted by Gasteiger charge is 2.32. The maximum absolute atomic E-state index is 11.6. The Morgan fingerprint density at radius 2 is 1.97 bits per heavy atom. The van der Waals surface area contributed by atoms with E-state index in [1.165, 1.54) is 24.0 Å². The van der Waals surface area contributed by atoms with Crippen molar-refractivity contribution in [2.24, 2.45) is 11.7 Å². The topological polar surface area (TPSA) is 100 Å². The summed E-state index contributed by atoms with van der Waals surface area (Å²) in [4.78, 5) is 17.4. The normalized spacial score (nSPS) is 19.4. The maximum Gasteiger partial charge on any atom is 0.248 e. The van der Waals surface area contributed by atoms with Gasteiger partial charge in [-0.2, -0.15) is 0 Å². The second-order valence-electron chi connectivity index (χ2n) is 9.06. The lowest BCUT2D eigenvalue weighted by atomic mass is 9.80. The van der Waals surface area contributed by atoms with Crippen molar-refractivity contribution in [2.45, 2.75) is 31.6 Å². The van der Waals surface area contributed by atoms with Crippen molar-refractivity contribution in [3.05, 3.63) is 59.3 Å². The van der Waals surface area contributed by atoms with Crippen molar-refractivity contribution < 1.29 is 4.79 Å². The van der Waals surface area contributed by atoms with E-state index in [0.717, 1.165) is 61.3 Å². The van der Waals surface area contributed by atoms with Gasteiger partial charge >= 0.3 is 0 Å². The van der Waals surface area contributed by atoms with E-state index in [0.29, 0.717) is 17.4 Å². The highest BCUT2D eigenvalue weighted by Crippen LogP contribution is 2.41. The summed E-state index contributed by atoms with van der Waals surface area (Å²) in [5.41, 5.74) is 17.9. The van der Waals surface area contributed by atoms with Crippen LogP contribution < -0.4 is 16.8 Å². The molecule has 0 bridgehead atoms. The highest BCUT2D eigenvalue weighted by atomic mass is 16.1. The van der Waals surface area contributed by atoms with Gasteiger partial charge in [-0.25, -0.2) is 0 Å². The number of aromatic nitrogens is 1.